The molecule has 0 aliphatic carbocycles. The number of aromatic nitrogens is 2. The molecule has 3 aromatic rings. The molecule has 0 bridgehead atoms. The number of aliphatic hydroxyl groups is 1. The summed E-state index contributed by atoms with van der Waals surface area (Å²) in [6.45, 7) is -1.16. The number of halogens is 3. The molecule has 4 rings (SSSR count). The van der Waals surface area contributed by atoms with E-state index in [1.54, 1.807) is 30.3 Å². The summed E-state index contributed by atoms with van der Waals surface area (Å²) in [6, 6.07) is 9.67. The fraction of sp³-hybridized carbons (Fsp3) is 0.385. The van der Waals surface area contributed by atoms with Gasteiger partial charge in [0.1, 0.15) is 22.1 Å². The molecule has 0 spiro atoms. The molecule has 1 amide bonds. The minimum atomic E-state index is -4.46. The molecule has 0 saturated carbocycles. The van der Waals surface area contributed by atoms with Gasteiger partial charge in [0, 0.05) is 23.7 Å². The number of anilines is 2. The number of nitrogens with zero attached hydrogens (tertiary/aromatic N) is 2. The topological polar surface area (TPSA) is 125 Å². The van der Waals surface area contributed by atoms with Gasteiger partial charge in [0.05, 0.1) is 47.8 Å². The molecular formula is C26H28F3N5O4S. The van der Waals surface area contributed by atoms with Crippen molar-refractivity contribution in [2.75, 3.05) is 41.8 Å². The van der Waals surface area contributed by atoms with Crippen molar-refractivity contribution >= 4 is 38.0 Å². The number of alkyl halides is 3. The van der Waals surface area contributed by atoms with Gasteiger partial charge in [0.2, 0.25) is 0 Å². The molecule has 9 nitrogen and oxygen atoms in total. The van der Waals surface area contributed by atoms with E-state index >= 15 is 0 Å². The van der Waals surface area contributed by atoms with E-state index in [0.717, 1.165) is 4.57 Å². The monoisotopic (exact) mass is 563 g/mol. The summed E-state index contributed by atoms with van der Waals surface area (Å²) in [5, 5.41) is 18.2. The molecule has 1 aliphatic rings. The van der Waals surface area contributed by atoms with E-state index in [9.17, 15) is 26.4 Å². The van der Waals surface area contributed by atoms with Crippen molar-refractivity contribution in [1.82, 2.24) is 14.9 Å². The zero-order chi connectivity index (χ0) is 28.0. The van der Waals surface area contributed by atoms with Crippen LogP contribution in [0.15, 0.2) is 42.6 Å². The molecule has 1 aromatic carbocycles. The number of hydrogen-bond acceptors (Lipinski definition) is 7. The smallest absolute Gasteiger partial charge is 0.395 e. The van der Waals surface area contributed by atoms with Gasteiger partial charge in [-0.2, -0.15) is 13.2 Å². The van der Waals surface area contributed by atoms with Gasteiger partial charge in [0.15, 0.2) is 0 Å². The van der Waals surface area contributed by atoms with E-state index in [2.05, 4.69) is 32.8 Å². The third-order valence-electron chi connectivity index (χ3n) is 6.19. The maximum absolute atomic E-state index is 13.4. The van der Waals surface area contributed by atoms with E-state index in [0.29, 0.717) is 35.1 Å². The number of carbonyl (C=O) groups excluding carboxylic acids is 1. The number of sulfone groups is 1. The van der Waals surface area contributed by atoms with Gasteiger partial charge < -0.3 is 25.6 Å². The summed E-state index contributed by atoms with van der Waals surface area (Å²) >= 11 is 0. The summed E-state index contributed by atoms with van der Waals surface area (Å²) < 4.78 is 64.9. The molecule has 0 atom stereocenters. The first kappa shape index (κ1) is 28.3. The molecule has 1 saturated heterocycles. The highest BCUT2D eigenvalue weighted by molar-refractivity contribution is 7.91. The fourth-order valence-corrected chi connectivity index (χ4v) is 5.78. The Kier molecular flexibility index (Phi) is 8.66. The van der Waals surface area contributed by atoms with Crippen LogP contribution in [0.5, 0.6) is 0 Å². The fourth-order valence-electron chi connectivity index (χ4n) is 4.29. The molecule has 1 aliphatic heterocycles. The average Bonchev–Trinajstić information content (AvgIpc) is 3.23. The third-order valence-corrected chi connectivity index (χ3v) is 7.90. The van der Waals surface area contributed by atoms with Crippen molar-refractivity contribution in [1.29, 1.82) is 0 Å². The molecular weight excluding hydrogens is 535 g/mol. The van der Waals surface area contributed by atoms with Gasteiger partial charge in [-0.3, -0.25) is 4.79 Å². The number of hydrogen-bond donors (Lipinski definition) is 4. The van der Waals surface area contributed by atoms with Crippen LogP contribution in [0.3, 0.4) is 0 Å². The van der Waals surface area contributed by atoms with E-state index in [-0.39, 0.29) is 48.6 Å². The minimum absolute atomic E-state index is 0.0780. The lowest BCUT2D eigenvalue weighted by molar-refractivity contribution is -0.140. The molecule has 0 radical (unpaired) electrons. The van der Waals surface area contributed by atoms with Crippen LogP contribution < -0.4 is 16.0 Å². The Labute approximate surface area is 223 Å². The minimum Gasteiger partial charge on any atom is -0.395 e. The first-order valence-corrected chi connectivity index (χ1v) is 14.1. The Bertz CT molecular complexity index is 1480. The van der Waals surface area contributed by atoms with Gasteiger partial charge in [0.25, 0.3) is 5.91 Å². The zero-order valence-electron chi connectivity index (χ0n) is 20.9. The third kappa shape index (κ3) is 7.64. The highest BCUT2D eigenvalue weighted by Gasteiger charge is 2.30. The Morgan fingerprint density at radius 1 is 1.18 bits per heavy atom. The van der Waals surface area contributed by atoms with Crippen LogP contribution in [0.4, 0.5) is 24.5 Å². The second kappa shape index (κ2) is 12.0. The summed E-state index contributed by atoms with van der Waals surface area (Å²) in [7, 11) is -3.04. The Balaban J connectivity index is 1.51. The van der Waals surface area contributed by atoms with Crippen LogP contribution in [0.25, 0.3) is 10.9 Å². The largest absolute Gasteiger partial charge is 0.406 e. The van der Waals surface area contributed by atoms with Crippen LogP contribution in [0.2, 0.25) is 0 Å². The highest BCUT2D eigenvalue weighted by atomic mass is 32.2. The number of carbonyl (C=O) groups is 1. The Morgan fingerprint density at radius 2 is 1.95 bits per heavy atom. The predicted octanol–water partition coefficient (Wildman–Crippen LogP) is 2.77. The quantitative estimate of drug-likeness (QED) is 0.311. The van der Waals surface area contributed by atoms with Crippen molar-refractivity contribution < 1.29 is 31.5 Å². The van der Waals surface area contributed by atoms with Crippen LogP contribution in [0.1, 0.15) is 29.0 Å². The maximum atomic E-state index is 13.4. The van der Waals surface area contributed by atoms with E-state index < -0.39 is 28.5 Å². The van der Waals surface area contributed by atoms with Crippen molar-refractivity contribution in [3.63, 3.8) is 0 Å². The summed E-state index contributed by atoms with van der Waals surface area (Å²) in [5.74, 6) is 5.40. The molecule has 3 heterocycles. The SMILES string of the molecule is O=C(NCCO)c1ccc(NCC#Cc2cc3c(NC4CCS(=O)(=O)CC4)cccc3n2CC(F)(F)F)cn1. The molecule has 13 heteroatoms. The van der Waals surface area contributed by atoms with E-state index in [1.165, 1.54) is 12.3 Å². The van der Waals surface area contributed by atoms with Crippen LogP contribution in [-0.4, -0.2) is 72.4 Å². The number of rotatable bonds is 8. The van der Waals surface area contributed by atoms with Crippen molar-refractivity contribution in [3.05, 3.63) is 54.0 Å². The zero-order valence-corrected chi connectivity index (χ0v) is 21.7. The molecule has 39 heavy (non-hydrogen) atoms. The maximum Gasteiger partial charge on any atom is 0.406 e. The van der Waals surface area contributed by atoms with Crippen molar-refractivity contribution in [2.45, 2.75) is 31.6 Å². The highest BCUT2D eigenvalue weighted by Crippen LogP contribution is 2.31. The van der Waals surface area contributed by atoms with Crippen molar-refractivity contribution in [2.24, 2.45) is 0 Å². The molecule has 2 aromatic heterocycles. The van der Waals surface area contributed by atoms with Crippen LogP contribution >= 0.6 is 0 Å². The lowest BCUT2D eigenvalue weighted by atomic mass is 10.1. The number of amides is 1. The first-order chi connectivity index (χ1) is 18.5. The van der Waals surface area contributed by atoms with Gasteiger partial charge in [-0.1, -0.05) is 12.0 Å². The molecule has 1 fully saturated rings. The number of pyridine rings is 1. The van der Waals surface area contributed by atoms with Gasteiger partial charge in [-0.05, 0) is 49.1 Å². The predicted molar refractivity (Wildman–Crippen MR) is 142 cm³/mol. The van der Waals surface area contributed by atoms with Gasteiger partial charge >= 0.3 is 6.18 Å². The summed E-state index contributed by atoms with van der Waals surface area (Å²) in [5.41, 5.74) is 1.94. The lowest BCUT2D eigenvalue weighted by Gasteiger charge is -2.24. The second-order valence-electron chi connectivity index (χ2n) is 9.11. The Morgan fingerprint density at radius 3 is 2.62 bits per heavy atom. The van der Waals surface area contributed by atoms with Crippen molar-refractivity contribution in [3.8, 4) is 11.8 Å². The molecule has 4 N–H and O–H groups in total. The first-order valence-electron chi connectivity index (χ1n) is 12.3. The normalized spacial score (nSPS) is 15.4. The van der Waals surface area contributed by atoms with Crippen LogP contribution in [0, 0.1) is 11.8 Å². The number of benzene rings is 1. The standard InChI is InChI=1S/C26H28F3N5O4S/c27-26(28,29)17-34-20(3-2-10-30-19-6-7-23(32-16-19)25(36)31-11-12-35)15-21-22(4-1-5-24(21)34)33-18-8-13-39(37,38)14-9-18/h1,4-7,15-16,18,30,33,35H,8-14,17H2,(H,31,36). The number of fused-ring (bicyclic) bond motifs is 1. The summed E-state index contributed by atoms with van der Waals surface area (Å²) in [4.78, 5) is 15.9. The molecule has 0 unspecified atom stereocenters. The van der Waals surface area contributed by atoms with E-state index in [4.69, 9.17) is 5.11 Å². The Hall–Kier alpha value is -3.76. The molecule has 208 valence electrons. The lowest BCUT2D eigenvalue weighted by Crippen LogP contribution is -2.32. The average molecular weight is 564 g/mol. The number of nitrogens with one attached hydrogen (secondary N) is 3. The van der Waals surface area contributed by atoms with E-state index in [1.807, 2.05) is 0 Å². The second-order valence-corrected chi connectivity index (χ2v) is 11.4. The number of aliphatic hydroxyl groups excluding tert-OH is 1. The van der Waals surface area contributed by atoms with Gasteiger partial charge in [-0.25, -0.2) is 13.4 Å². The summed E-state index contributed by atoms with van der Waals surface area (Å²) in [6.07, 6.45) is -2.16. The van der Waals surface area contributed by atoms with Crippen LogP contribution in [-0.2, 0) is 16.4 Å². The van der Waals surface area contributed by atoms with Gasteiger partial charge in [-0.15, -0.1) is 0 Å².